The van der Waals surface area contributed by atoms with Crippen LogP contribution in [0.25, 0.3) is 10.8 Å². The van der Waals surface area contributed by atoms with E-state index in [1.54, 1.807) is 42.5 Å². The Bertz CT molecular complexity index is 1010. The van der Waals surface area contributed by atoms with Gasteiger partial charge in [-0.05, 0) is 36.6 Å². The molecule has 2 amide bonds. The van der Waals surface area contributed by atoms with Gasteiger partial charge in [0.15, 0.2) is 0 Å². The Hall–Kier alpha value is -3.34. The number of benzene rings is 3. The van der Waals surface area contributed by atoms with Gasteiger partial charge in [-0.3, -0.25) is 9.59 Å². The summed E-state index contributed by atoms with van der Waals surface area (Å²) < 4.78 is 5.62. The number of phenols is 1. The fourth-order valence-corrected chi connectivity index (χ4v) is 3.23. The van der Waals surface area contributed by atoms with Crippen LogP contribution in [0.4, 0.5) is 5.69 Å². The first-order chi connectivity index (χ1) is 12.1. The van der Waals surface area contributed by atoms with E-state index in [1.165, 1.54) is 6.07 Å². The lowest BCUT2D eigenvalue weighted by atomic mass is 9.98. The quantitative estimate of drug-likeness (QED) is 0.741. The summed E-state index contributed by atoms with van der Waals surface area (Å²) in [5, 5.41) is 11.3. The second-order valence-electron chi connectivity index (χ2n) is 5.71. The fourth-order valence-electron chi connectivity index (χ4n) is 3.23. The summed E-state index contributed by atoms with van der Waals surface area (Å²) in [6.07, 6.45) is 0. The van der Waals surface area contributed by atoms with E-state index in [1.807, 2.05) is 13.0 Å². The Morgan fingerprint density at radius 3 is 2.40 bits per heavy atom. The molecule has 0 atom stereocenters. The van der Waals surface area contributed by atoms with Crippen LogP contribution in [0.2, 0.25) is 0 Å². The van der Waals surface area contributed by atoms with Gasteiger partial charge in [0.25, 0.3) is 11.8 Å². The molecule has 1 heterocycles. The van der Waals surface area contributed by atoms with Crippen molar-refractivity contribution in [3.63, 3.8) is 0 Å². The molecule has 5 nitrogen and oxygen atoms in total. The average Bonchev–Trinajstić information content (AvgIpc) is 2.87. The zero-order chi connectivity index (χ0) is 17.6. The second-order valence-corrected chi connectivity index (χ2v) is 5.71. The molecule has 3 aromatic carbocycles. The van der Waals surface area contributed by atoms with Crippen molar-refractivity contribution in [2.45, 2.75) is 6.92 Å². The van der Waals surface area contributed by atoms with Crippen molar-refractivity contribution in [1.29, 1.82) is 0 Å². The molecule has 3 aromatic rings. The minimum Gasteiger partial charge on any atom is -0.507 e. The molecule has 25 heavy (non-hydrogen) atoms. The van der Waals surface area contributed by atoms with Gasteiger partial charge in [0, 0.05) is 5.39 Å². The molecular weight excluding hydrogens is 318 g/mol. The summed E-state index contributed by atoms with van der Waals surface area (Å²) in [7, 11) is 0. The number of fused-ring (bicyclic) bond motifs is 3. The van der Waals surface area contributed by atoms with Crippen LogP contribution >= 0.6 is 0 Å². The number of amides is 2. The predicted molar refractivity (Wildman–Crippen MR) is 94.4 cm³/mol. The summed E-state index contributed by atoms with van der Waals surface area (Å²) >= 11 is 0. The van der Waals surface area contributed by atoms with Crippen LogP contribution in [0.15, 0.2) is 54.6 Å². The molecule has 5 heteroatoms. The van der Waals surface area contributed by atoms with Crippen LogP contribution in [-0.4, -0.2) is 23.5 Å². The number of carbonyl (C=O) groups excluding carboxylic acids is 2. The highest BCUT2D eigenvalue weighted by Crippen LogP contribution is 2.41. The van der Waals surface area contributed by atoms with Crippen LogP contribution < -0.4 is 9.64 Å². The van der Waals surface area contributed by atoms with Gasteiger partial charge in [-0.1, -0.05) is 30.3 Å². The second kappa shape index (κ2) is 5.63. The summed E-state index contributed by atoms with van der Waals surface area (Å²) in [5.41, 5.74) is 0.873. The van der Waals surface area contributed by atoms with Crippen LogP contribution in [0.5, 0.6) is 11.5 Å². The number of phenolic OH excluding ortho intramolecular Hbond substituents is 1. The highest BCUT2D eigenvalue weighted by Gasteiger charge is 2.41. The summed E-state index contributed by atoms with van der Waals surface area (Å²) in [5.74, 6) is -0.584. The predicted octanol–water partition coefficient (Wildman–Crippen LogP) is 3.74. The van der Waals surface area contributed by atoms with Gasteiger partial charge in [-0.2, -0.15) is 0 Å². The number of ether oxygens (including phenoxy) is 1. The molecule has 0 saturated heterocycles. The van der Waals surface area contributed by atoms with Gasteiger partial charge in [0.2, 0.25) is 0 Å². The molecule has 0 fully saturated rings. The first kappa shape index (κ1) is 15.2. The van der Waals surface area contributed by atoms with E-state index in [4.69, 9.17) is 4.74 Å². The highest BCUT2D eigenvalue weighted by atomic mass is 16.5. The van der Waals surface area contributed by atoms with Crippen molar-refractivity contribution in [3.05, 3.63) is 65.7 Å². The topological polar surface area (TPSA) is 66.8 Å². The Kier molecular flexibility index (Phi) is 3.42. The number of nitrogens with zero attached hydrogens (tertiary/aromatic N) is 1. The largest absolute Gasteiger partial charge is 0.507 e. The molecule has 4 rings (SSSR count). The maximum absolute atomic E-state index is 13.1. The van der Waals surface area contributed by atoms with Crippen molar-refractivity contribution < 1.29 is 19.4 Å². The minimum absolute atomic E-state index is 0.0344. The van der Waals surface area contributed by atoms with Crippen molar-refractivity contribution >= 4 is 28.3 Å². The van der Waals surface area contributed by atoms with Crippen molar-refractivity contribution in [2.75, 3.05) is 11.5 Å². The van der Waals surface area contributed by atoms with Crippen LogP contribution in [0, 0.1) is 0 Å². The Labute approximate surface area is 144 Å². The SMILES string of the molecule is CCOc1cc2cccc(O)c2c2c1C(=O)N(c1ccccc1)C2=O. The minimum atomic E-state index is -0.459. The van der Waals surface area contributed by atoms with Gasteiger partial charge < -0.3 is 9.84 Å². The zero-order valence-corrected chi connectivity index (χ0v) is 13.5. The maximum Gasteiger partial charge on any atom is 0.269 e. The van der Waals surface area contributed by atoms with Gasteiger partial charge in [0.1, 0.15) is 11.5 Å². The Morgan fingerprint density at radius 2 is 1.68 bits per heavy atom. The molecule has 0 bridgehead atoms. The number of hydrogen-bond acceptors (Lipinski definition) is 4. The van der Waals surface area contributed by atoms with Gasteiger partial charge >= 0.3 is 0 Å². The van der Waals surface area contributed by atoms with E-state index >= 15 is 0 Å². The number of aromatic hydroxyl groups is 1. The molecule has 0 unspecified atom stereocenters. The normalized spacial score (nSPS) is 13.4. The molecule has 0 aromatic heterocycles. The Balaban J connectivity index is 2.04. The number of hydrogen-bond donors (Lipinski definition) is 1. The first-order valence-electron chi connectivity index (χ1n) is 7.98. The summed E-state index contributed by atoms with van der Waals surface area (Å²) in [6, 6.07) is 15.4. The molecule has 1 aliphatic rings. The lowest BCUT2D eigenvalue weighted by Crippen LogP contribution is -2.29. The van der Waals surface area contributed by atoms with Gasteiger partial charge in [-0.15, -0.1) is 0 Å². The molecule has 0 radical (unpaired) electrons. The molecule has 124 valence electrons. The molecule has 0 aliphatic carbocycles. The van der Waals surface area contributed by atoms with Crippen LogP contribution in [-0.2, 0) is 0 Å². The van der Waals surface area contributed by atoms with Crippen molar-refractivity contribution in [1.82, 2.24) is 0 Å². The van der Waals surface area contributed by atoms with Gasteiger partial charge in [0.05, 0.1) is 23.4 Å². The van der Waals surface area contributed by atoms with Crippen LogP contribution in [0.3, 0.4) is 0 Å². The average molecular weight is 333 g/mol. The monoisotopic (exact) mass is 333 g/mol. The first-order valence-corrected chi connectivity index (χ1v) is 7.98. The highest BCUT2D eigenvalue weighted by molar-refractivity contribution is 6.39. The van der Waals surface area contributed by atoms with E-state index in [0.717, 1.165) is 4.90 Å². The molecule has 0 saturated carbocycles. The van der Waals surface area contributed by atoms with Crippen LogP contribution in [0.1, 0.15) is 27.6 Å². The third kappa shape index (κ3) is 2.16. The maximum atomic E-state index is 13.1. The number of rotatable bonds is 3. The zero-order valence-electron chi connectivity index (χ0n) is 13.5. The number of imide groups is 1. The molecular formula is C20H15NO4. The summed E-state index contributed by atoms with van der Waals surface area (Å²) in [6.45, 7) is 2.18. The standard InChI is InChI=1S/C20H15NO4/c1-2-25-15-11-12-7-6-10-14(22)16(12)18-17(15)19(23)21(20(18)24)13-8-4-3-5-9-13/h3-11,22H,2H2,1H3. The lowest BCUT2D eigenvalue weighted by molar-refractivity contribution is 0.0925. The van der Waals surface area contributed by atoms with E-state index in [2.05, 4.69) is 0 Å². The molecule has 1 N–H and O–H groups in total. The van der Waals surface area contributed by atoms with Crippen molar-refractivity contribution in [2.24, 2.45) is 0 Å². The lowest BCUT2D eigenvalue weighted by Gasteiger charge is -2.13. The third-order valence-corrected chi connectivity index (χ3v) is 4.26. The van der Waals surface area contributed by atoms with E-state index < -0.39 is 11.8 Å². The van der Waals surface area contributed by atoms with Gasteiger partial charge in [-0.25, -0.2) is 4.90 Å². The number of para-hydroxylation sites is 1. The molecule has 1 aliphatic heterocycles. The van der Waals surface area contributed by atoms with Crippen molar-refractivity contribution in [3.8, 4) is 11.5 Å². The van der Waals surface area contributed by atoms with E-state index in [0.29, 0.717) is 28.8 Å². The smallest absolute Gasteiger partial charge is 0.269 e. The Morgan fingerprint density at radius 1 is 0.960 bits per heavy atom. The number of anilines is 1. The number of carbonyl (C=O) groups is 2. The summed E-state index contributed by atoms with van der Waals surface area (Å²) in [4.78, 5) is 27.2. The van der Waals surface area contributed by atoms with E-state index in [9.17, 15) is 14.7 Å². The fraction of sp³-hybridized carbons (Fsp3) is 0.100. The molecule has 0 spiro atoms. The third-order valence-electron chi connectivity index (χ3n) is 4.26. The van der Waals surface area contributed by atoms with E-state index in [-0.39, 0.29) is 16.9 Å².